The first kappa shape index (κ1) is 22.4. The van der Waals surface area contributed by atoms with Gasteiger partial charge in [0.15, 0.2) is 0 Å². The number of pyridine rings is 1. The minimum Gasteiger partial charge on any atom is -0.465 e. The van der Waals surface area contributed by atoms with Gasteiger partial charge in [-0.1, -0.05) is 6.07 Å². The largest absolute Gasteiger partial charge is 0.465 e. The van der Waals surface area contributed by atoms with Crippen LogP contribution < -0.4 is 5.32 Å². The molecule has 0 aliphatic carbocycles. The molecule has 2 aromatic heterocycles. The number of carboxylic acid groups (broad SMARTS) is 1. The van der Waals surface area contributed by atoms with Crippen molar-refractivity contribution in [2.75, 3.05) is 13.1 Å². The molecule has 1 amide bonds. The lowest BCUT2D eigenvalue weighted by atomic mass is 9.86. The Morgan fingerprint density at radius 2 is 2.12 bits per heavy atom. The normalized spacial score (nSPS) is 23.1. The van der Waals surface area contributed by atoms with E-state index >= 15 is 0 Å². The van der Waals surface area contributed by atoms with Crippen molar-refractivity contribution in [3.63, 3.8) is 0 Å². The SMILES string of the molecule is O=C(O)N[C@H]1C[C@@H](N2Cc3cn[nH]c3C2)CN(CCc2ccccn2)[C@@H]1c1cc(F)ccc1F. The van der Waals surface area contributed by atoms with Gasteiger partial charge < -0.3 is 10.4 Å². The number of halogens is 2. The van der Waals surface area contributed by atoms with Crippen molar-refractivity contribution >= 4 is 6.09 Å². The molecule has 0 radical (unpaired) electrons. The molecule has 5 rings (SSSR count). The molecule has 178 valence electrons. The van der Waals surface area contributed by atoms with Gasteiger partial charge in [-0.3, -0.25) is 19.9 Å². The van der Waals surface area contributed by atoms with E-state index in [-0.39, 0.29) is 11.6 Å². The number of aromatic amines is 1. The molecule has 2 aliphatic rings. The highest BCUT2D eigenvalue weighted by molar-refractivity contribution is 5.65. The Labute approximate surface area is 195 Å². The van der Waals surface area contributed by atoms with E-state index in [4.69, 9.17) is 0 Å². The first-order chi connectivity index (χ1) is 16.5. The predicted molar refractivity (Wildman–Crippen MR) is 120 cm³/mol. The van der Waals surface area contributed by atoms with Crippen LogP contribution in [0.15, 0.2) is 48.8 Å². The van der Waals surface area contributed by atoms with Gasteiger partial charge in [-0.05, 0) is 36.8 Å². The molecule has 34 heavy (non-hydrogen) atoms. The van der Waals surface area contributed by atoms with Crippen LogP contribution in [0, 0.1) is 11.6 Å². The highest BCUT2D eigenvalue weighted by Gasteiger charge is 2.42. The fraction of sp³-hybridized carbons (Fsp3) is 0.375. The van der Waals surface area contributed by atoms with Gasteiger partial charge >= 0.3 is 6.09 Å². The zero-order valence-corrected chi connectivity index (χ0v) is 18.5. The van der Waals surface area contributed by atoms with Crippen molar-refractivity contribution in [3.05, 3.63) is 82.9 Å². The fourth-order valence-corrected chi connectivity index (χ4v) is 5.23. The summed E-state index contributed by atoms with van der Waals surface area (Å²) in [7, 11) is 0. The van der Waals surface area contributed by atoms with Crippen molar-refractivity contribution in [3.8, 4) is 0 Å². The summed E-state index contributed by atoms with van der Waals surface area (Å²) in [5, 5.41) is 19.3. The number of piperidine rings is 1. The Morgan fingerprint density at radius 1 is 1.24 bits per heavy atom. The van der Waals surface area contributed by atoms with E-state index < -0.39 is 29.8 Å². The van der Waals surface area contributed by atoms with E-state index in [1.54, 1.807) is 6.20 Å². The molecule has 0 bridgehead atoms. The van der Waals surface area contributed by atoms with E-state index in [9.17, 15) is 18.7 Å². The molecule has 1 saturated heterocycles. The number of likely N-dealkylation sites (tertiary alicyclic amines) is 1. The highest BCUT2D eigenvalue weighted by Crippen LogP contribution is 2.37. The Kier molecular flexibility index (Phi) is 6.25. The number of fused-ring (bicyclic) bond motifs is 1. The van der Waals surface area contributed by atoms with Crippen molar-refractivity contribution in [2.24, 2.45) is 0 Å². The quantitative estimate of drug-likeness (QED) is 0.515. The number of H-pyrrole nitrogens is 1. The molecule has 3 N–H and O–H groups in total. The maximum Gasteiger partial charge on any atom is 0.404 e. The smallest absolute Gasteiger partial charge is 0.404 e. The first-order valence-electron chi connectivity index (χ1n) is 11.3. The second-order valence-corrected chi connectivity index (χ2v) is 8.90. The third-order valence-electron chi connectivity index (χ3n) is 6.77. The van der Waals surface area contributed by atoms with Crippen LogP contribution in [0.2, 0.25) is 0 Å². The average Bonchev–Trinajstić information content (AvgIpc) is 3.42. The maximum atomic E-state index is 14.9. The summed E-state index contributed by atoms with van der Waals surface area (Å²) in [6, 6.07) is 7.79. The molecule has 0 saturated carbocycles. The van der Waals surface area contributed by atoms with Crippen LogP contribution in [0.5, 0.6) is 0 Å². The van der Waals surface area contributed by atoms with E-state index in [1.807, 2.05) is 24.4 Å². The zero-order chi connectivity index (χ0) is 23.7. The van der Waals surface area contributed by atoms with Crippen LogP contribution in [0.25, 0.3) is 0 Å². The summed E-state index contributed by atoms with van der Waals surface area (Å²) in [4.78, 5) is 20.4. The number of amides is 1. The molecule has 4 heterocycles. The van der Waals surface area contributed by atoms with E-state index in [2.05, 4.69) is 30.3 Å². The minimum atomic E-state index is -1.19. The molecule has 3 atom stereocenters. The molecule has 8 nitrogen and oxygen atoms in total. The third kappa shape index (κ3) is 4.64. The second kappa shape index (κ2) is 9.47. The number of aromatic nitrogens is 3. The van der Waals surface area contributed by atoms with Gasteiger partial charge in [0.1, 0.15) is 11.6 Å². The molecule has 0 spiro atoms. The molecule has 3 aromatic rings. The monoisotopic (exact) mass is 468 g/mol. The lowest BCUT2D eigenvalue weighted by molar-refractivity contribution is 0.0320. The molecule has 0 unspecified atom stereocenters. The van der Waals surface area contributed by atoms with Gasteiger partial charge in [-0.2, -0.15) is 5.10 Å². The van der Waals surface area contributed by atoms with Crippen LogP contribution >= 0.6 is 0 Å². The van der Waals surface area contributed by atoms with Crippen molar-refractivity contribution in [1.29, 1.82) is 0 Å². The Morgan fingerprint density at radius 3 is 2.88 bits per heavy atom. The summed E-state index contributed by atoms with van der Waals surface area (Å²) < 4.78 is 29.1. The number of hydrogen-bond acceptors (Lipinski definition) is 5. The van der Waals surface area contributed by atoms with Gasteiger partial charge in [0.05, 0.1) is 24.0 Å². The standard InChI is InChI=1S/C24H26F2N6O2/c25-16-4-5-20(26)19(9-16)23-21(29-24(33)34)10-18(32-12-15-11-28-30-22(15)14-32)13-31(23)8-6-17-3-1-2-7-27-17/h1-5,7,9,11,18,21,23,29H,6,8,10,12-14H2,(H,28,30)(H,33,34)/t18-,21+,23-/m1/s1. The average molecular weight is 469 g/mol. The first-order valence-corrected chi connectivity index (χ1v) is 11.3. The molecular formula is C24H26F2N6O2. The highest BCUT2D eigenvalue weighted by atomic mass is 19.1. The topological polar surface area (TPSA) is 97.4 Å². The van der Waals surface area contributed by atoms with Crippen LogP contribution in [-0.2, 0) is 19.5 Å². The van der Waals surface area contributed by atoms with Gasteiger partial charge in [0.2, 0.25) is 0 Å². The Bertz CT molecular complexity index is 1140. The van der Waals surface area contributed by atoms with Crippen molar-refractivity contribution in [1.82, 2.24) is 30.3 Å². The van der Waals surface area contributed by atoms with Crippen LogP contribution in [0.1, 0.15) is 35.0 Å². The lowest BCUT2D eigenvalue weighted by Gasteiger charge is -2.47. The summed E-state index contributed by atoms with van der Waals surface area (Å²) in [6.45, 7) is 2.51. The van der Waals surface area contributed by atoms with Gasteiger partial charge in [-0.15, -0.1) is 0 Å². The number of rotatable bonds is 6. The molecule has 1 fully saturated rings. The number of hydrogen-bond donors (Lipinski definition) is 3. The Hall–Kier alpha value is -3.37. The maximum absolute atomic E-state index is 14.9. The fourth-order valence-electron chi connectivity index (χ4n) is 5.23. The van der Waals surface area contributed by atoms with Gasteiger partial charge in [-0.25, -0.2) is 13.6 Å². The van der Waals surface area contributed by atoms with Crippen LogP contribution in [0.4, 0.5) is 13.6 Å². The summed E-state index contributed by atoms with van der Waals surface area (Å²) in [5.74, 6) is -1.10. The lowest BCUT2D eigenvalue weighted by Crippen LogP contribution is -2.58. The summed E-state index contributed by atoms with van der Waals surface area (Å²) >= 11 is 0. The zero-order valence-electron chi connectivity index (χ0n) is 18.5. The van der Waals surface area contributed by atoms with E-state index in [1.165, 1.54) is 6.07 Å². The molecular weight excluding hydrogens is 442 g/mol. The van der Waals surface area contributed by atoms with Crippen molar-refractivity contribution < 1.29 is 18.7 Å². The second-order valence-electron chi connectivity index (χ2n) is 8.90. The van der Waals surface area contributed by atoms with E-state index in [0.29, 0.717) is 39.0 Å². The molecule has 2 aliphatic heterocycles. The number of nitrogens with zero attached hydrogens (tertiary/aromatic N) is 4. The number of carbonyl (C=O) groups is 1. The minimum absolute atomic E-state index is 0.0225. The number of nitrogens with one attached hydrogen (secondary N) is 2. The molecule has 1 aromatic carbocycles. The molecule has 10 heteroatoms. The van der Waals surface area contributed by atoms with Crippen LogP contribution in [0.3, 0.4) is 0 Å². The van der Waals surface area contributed by atoms with Crippen LogP contribution in [-0.4, -0.2) is 61.4 Å². The van der Waals surface area contributed by atoms with Gasteiger partial charge in [0.25, 0.3) is 0 Å². The summed E-state index contributed by atoms with van der Waals surface area (Å²) in [6.07, 6.45) is 3.43. The Balaban J connectivity index is 1.46. The van der Waals surface area contributed by atoms with Gasteiger partial charge in [0, 0.05) is 61.7 Å². The van der Waals surface area contributed by atoms with E-state index in [0.717, 1.165) is 29.1 Å². The van der Waals surface area contributed by atoms with Crippen molar-refractivity contribution in [2.45, 2.75) is 44.1 Å². The summed E-state index contributed by atoms with van der Waals surface area (Å²) in [5.41, 5.74) is 3.23. The number of benzene rings is 1. The predicted octanol–water partition coefficient (Wildman–Crippen LogP) is 3.09. The third-order valence-corrected chi connectivity index (χ3v) is 6.77.